The van der Waals surface area contributed by atoms with Crippen LogP contribution in [0.4, 0.5) is 4.79 Å². The molecule has 0 saturated carbocycles. The molecular weight excluding hydrogens is 379 g/mol. The third-order valence-corrected chi connectivity index (χ3v) is 4.24. The molecule has 8 heteroatoms. The summed E-state index contributed by atoms with van der Waals surface area (Å²) >= 11 is 12.5. The molecule has 142 valence electrons. The number of esters is 1. The molecule has 0 bridgehead atoms. The average molecular weight is 401 g/mol. The number of ether oxygens (including phenoxy) is 2. The molecule has 1 aromatic heterocycles. The van der Waals surface area contributed by atoms with Crippen LogP contribution in [0.1, 0.15) is 38.2 Å². The number of carbonyl (C=O) groups excluding carboxylic acids is 2. The summed E-state index contributed by atoms with van der Waals surface area (Å²) in [6.45, 7) is 7.89. The topological polar surface area (TPSA) is 69.6 Å². The standard InChI is InChI=1S/C18H22Cl2N2O4/c1-5-25-16(23)13-10-11-6-7-12(19)14(20)15(11)22(13)9-8-21-17(24)26-18(2,3)4/h6-7,10H,5,8-9H2,1-4H3,(H,21,24). The zero-order valence-electron chi connectivity index (χ0n) is 15.2. The molecule has 0 saturated heterocycles. The Hall–Kier alpha value is -1.92. The van der Waals surface area contributed by atoms with Gasteiger partial charge < -0.3 is 19.4 Å². The van der Waals surface area contributed by atoms with Gasteiger partial charge in [0.05, 0.1) is 22.2 Å². The molecule has 0 aliphatic rings. The van der Waals surface area contributed by atoms with Crippen molar-refractivity contribution < 1.29 is 19.1 Å². The number of fused-ring (bicyclic) bond motifs is 1. The van der Waals surface area contributed by atoms with Crippen LogP contribution in [0, 0.1) is 0 Å². The highest BCUT2D eigenvalue weighted by atomic mass is 35.5. The first-order valence-corrected chi connectivity index (χ1v) is 9.01. The molecule has 0 radical (unpaired) electrons. The Bertz CT molecular complexity index is 825. The number of hydrogen-bond acceptors (Lipinski definition) is 4. The highest BCUT2D eigenvalue weighted by Crippen LogP contribution is 2.33. The number of hydrogen-bond donors (Lipinski definition) is 1. The maximum atomic E-state index is 12.3. The van der Waals surface area contributed by atoms with E-state index >= 15 is 0 Å². The lowest BCUT2D eigenvalue weighted by Crippen LogP contribution is -2.34. The molecule has 0 aliphatic carbocycles. The number of alkyl carbamates (subject to hydrolysis) is 1. The normalized spacial score (nSPS) is 11.5. The molecule has 1 aromatic carbocycles. The van der Waals surface area contributed by atoms with E-state index in [0.717, 1.165) is 5.39 Å². The molecule has 0 fully saturated rings. The van der Waals surface area contributed by atoms with Crippen LogP contribution in [0.15, 0.2) is 18.2 Å². The molecular formula is C18H22Cl2N2O4. The lowest BCUT2D eigenvalue weighted by Gasteiger charge is -2.20. The van der Waals surface area contributed by atoms with E-state index in [4.69, 9.17) is 32.7 Å². The third-order valence-electron chi connectivity index (χ3n) is 3.44. The van der Waals surface area contributed by atoms with Gasteiger partial charge in [-0.3, -0.25) is 0 Å². The summed E-state index contributed by atoms with van der Waals surface area (Å²) in [4.78, 5) is 24.1. The van der Waals surface area contributed by atoms with Gasteiger partial charge in [0.1, 0.15) is 11.3 Å². The molecule has 26 heavy (non-hydrogen) atoms. The fourth-order valence-corrected chi connectivity index (χ4v) is 2.91. The van der Waals surface area contributed by atoms with Gasteiger partial charge in [0.2, 0.25) is 0 Å². The van der Waals surface area contributed by atoms with E-state index in [1.807, 2.05) is 0 Å². The molecule has 1 amide bonds. The van der Waals surface area contributed by atoms with Crippen molar-refractivity contribution in [3.63, 3.8) is 0 Å². The van der Waals surface area contributed by atoms with Crippen molar-refractivity contribution in [3.05, 3.63) is 33.9 Å². The van der Waals surface area contributed by atoms with Crippen molar-refractivity contribution in [2.45, 2.75) is 39.8 Å². The fraction of sp³-hybridized carbons (Fsp3) is 0.444. The highest BCUT2D eigenvalue weighted by Gasteiger charge is 2.20. The van der Waals surface area contributed by atoms with Gasteiger partial charge in [-0.25, -0.2) is 9.59 Å². The van der Waals surface area contributed by atoms with E-state index in [0.29, 0.717) is 27.8 Å². The molecule has 6 nitrogen and oxygen atoms in total. The monoisotopic (exact) mass is 400 g/mol. The minimum absolute atomic E-state index is 0.244. The van der Waals surface area contributed by atoms with Gasteiger partial charge in [0, 0.05) is 18.5 Å². The Labute approximate surface area is 162 Å². The molecule has 0 aliphatic heterocycles. The molecule has 0 spiro atoms. The second-order valence-corrected chi connectivity index (χ2v) is 7.41. The van der Waals surface area contributed by atoms with E-state index in [9.17, 15) is 9.59 Å². The quantitative estimate of drug-likeness (QED) is 0.741. The van der Waals surface area contributed by atoms with Gasteiger partial charge >= 0.3 is 12.1 Å². The number of benzene rings is 1. The minimum Gasteiger partial charge on any atom is -0.461 e. The average Bonchev–Trinajstić information content (AvgIpc) is 2.89. The summed E-state index contributed by atoms with van der Waals surface area (Å²) in [6.07, 6.45) is -0.532. The molecule has 0 unspecified atom stereocenters. The van der Waals surface area contributed by atoms with Crippen molar-refractivity contribution in [2.24, 2.45) is 0 Å². The van der Waals surface area contributed by atoms with Crippen molar-refractivity contribution >= 4 is 46.2 Å². The van der Waals surface area contributed by atoms with Crippen molar-refractivity contribution in [1.82, 2.24) is 9.88 Å². The largest absolute Gasteiger partial charge is 0.461 e. The lowest BCUT2D eigenvalue weighted by molar-refractivity contribution is 0.0514. The van der Waals surface area contributed by atoms with Crippen LogP contribution in [0.25, 0.3) is 10.9 Å². The van der Waals surface area contributed by atoms with Crippen LogP contribution in [0.2, 0.25) is 10.0 Å². The van der Waals surface area contributed by atoms with E-state index in [2.05, 4.69) is 5.32 Å². The number of nitrogens with one attached hydrogen (secondary N) is 1. The van der Waals surface area contributed by atoms with Crippen LogP contribution < -0.4 is 5.32 Å². The number of nitrogens with zero attached hydrogens (tertiary/aromatic N) is 1. The molecule has 2 aromatic rings. The lowest BCUT2D eigenvalue weighted by atomic mass is 10.2. The number of carbonyl (C=O) groups is 2. The Balaban J connectivity index is 2.28. The second kappa shape index (κ2) is 8.18. The van der Waals surface area contributed by atoms with Crippen LogP contribution in [-0.2, 0) is 16.0 Å². The van der Waals surface area contributed by atoms with Crippen LogP contribution in [0.5, 0.6) is 0 Å². The first-order valence-electron chi connectivity index (χ1n) is 8.25. The van der Waals surface area contributed by atoms with Crippen LogP contribution >= 0.6 is 23.2 Å². The summed E-state index contributed by atoms with van der Waals surface area (Å²) in [7, 11) is 0. The summed E-state index contributed by atoms with van der Waals surface area (Å²) in [6, 6.07) is 5.15. The third kappa shape index (κ3) is 4.83. The Kier molecular flexibility index (Phi) is 6.42. The first-order chi connectivity index (χ1) is 12.1. The molecule has 1 heterocycles. The molecule has 0 atom stereocenters. The van der Waals surface area contributed by atoms with Gasteiger partial charge in [-0.2, -0.15) is 0 Å². The van der Waals surface area contributed by atoms with Gasteiger partial charge in [-0.15, -0.1) is 0 Å². The Morgan fingerprint density at radius 2 is 1.92 bits per heavy atom. The van der Waals surface area contributed by atoms with Crippen LogP contribution in [0.3, 0.4) is 0 Å². The van der Waals surface area contributed by atoms with Crippen molar-refractivity contribution in [3.8, 4) is 0 Å². The zero-order chi connectivity index (χ0) is 19.5. The zero-order valence-corrected chi connectivity index (χ0v) is 16.7. The predicted molar refractivity (Wildman–Crippen MR) is 102 cm³/mol. The Morgan fingerprint density at radius 1 is 1.23 bits per heavy atom. The van der Waals surface area contributed by atoms with Gasteiger partial charge in [-0.05, 0) is 39.8 Å². The minimum atomic E-state index is -0.586. The van der Waals surface area contributed by atoms with E-state index in [-0.39, 0.29) is 13.2 Å². The summed E-state index contributed by atoms with van der Waals surface area (Å²) in [5.74, 6) is -0.465. The van der Waals surface area contributed by atoms with Gasteiger partial charge in [0.25, 0.3) is 0 Å². The fourth-order valence-electron chi connectivity index (χ4n) is 2.48. The maximum absolute atomic E-state index is 12.3. The van der Waals surface area contributed by atoms with Crippen molar-refractivity contribution in [2.75, 3.05) is 13.2 Å². The molecule has 2 rings (SSSR count). The van der Waals surface area contributed by atoms with E-state index in [1.165, 1.54) is 0 Å². The number of halogens is 2. The smallest absolute Gasteiger partial charge is 0.407 e. The highest BCUT2D eigenvalue weighted by molar-refractivity contribution is 6.45. The van der Waals surface area contributed by atoms with E-state index in [1.54, 1.807) is 50.5 Å². The van der Waals surface area contributed by atoms with Gasteiger partial charge in [0.15, 0.2) is 0 Å². The number of rotatable bonds is 5. The molecule has 1 N–H and O–H groups in total. The number of amides is 1. The van der Waals surface area contributed by atoms with E-state index < -0.39 is 17.7 Å². The number of aromatic nitrogens is 1. The first kappa shape index (κ1) is 20.4. The SMILES string of the molecule is CCOC(=O)c1cc2ccc(Cl)c(Cl)c2n1CCNC(=O)OC(C)(C)C. The van der Waals surface area contributed by atoms with Crippen molar-refractivity contribution in [1.29, 1.82) is 0 Å². The summed E-state index contributed by atoms with van der Waals surface area (Å²) < 4.78 is 12.0. The Morgan fingerprint density at radius 3 is 2.54 bits per heavy atom. The second-order valence-electron chi connectivity index (χ2n) is 6.63. The van der Waals surface area contributed by atoms with Crippen LogP contribution in [-0.4, -0.2) is 35.4 Å². The summed E-state index contributed by atoms with van der Waals surface area (Å²) in [5.41, 5.74) is 0.377. The predicted octanol–water partition coefficient (Wildman–Crippen LogP) is 4.65. The van der Waals surface area contributed by atoms with Gasteiger partial charge in [-0.1, -0.05) is 29.3 Å². The summed E-state index contributed by atoms with van der Waals surface area (Å²) in [5, 5.41) is 4.16. The maximum Gasteiger partial charge on any atom is 0.407 e.